The Kier molecular flexibility index (Phi) is 10.2. The van der Waals surface area contributed by atoms with Gasteiger partial charge in [0.1, 0.15) is 0 Å². The number of hydrogen-bond acceptors (Lipinski definition) is 3. The molecular weight excluding hydrogens is 264 g/mol. The molecule has 1 fully saturated rings. The zero-order valence-electron chi connectivity index (χ0n) is 13.7. The van der Waals surface area contributed by atoms with Crippen LogP contribution >= 0.6 is 0 Å². The van der Waals surface area contributed by atoms with E-state index in [4.69, 9.17) is 0 Å². The molecule has 1 heterocycles. The molecule has 0 N–H and O–H groups in total. The molecule has 3 heteroatoms. The standard InChI is InChI=1S/C18H32O3/c1-2-3-4-5-6-7-8-9-10-11-12-13-14-16-15-17(19)21-18(16)20/h16H,2-15H2,1H3/t16-/m1/s1. The molecule has 122 valence electrons. The molecule has 3 nitrogen and oxygen atoms in total. The summed E-state index contributed by atoms with van der Waals surface area (Å²) in [6, 6.07) is 0. The van der Waals surface area contributed by atoms with Crippen molar-refractivity contribution >= 4 is 11.9 Å². The van der Waals surface area contributed by atoms with Crippen molar-refractivity contribution in [3.05, 3.63) is 0 Å². The van der Waals surface area contributed by atoms with Crippen LogP contribution in [0.1, 0.15) is 96.8 Å². The molecule has 1 saturated heterocycles. The fraction of sp³-hybridized carbons (Fsp3) is 0.889. The van der Waals surface area contributed by atoms with Gasteiger partial charge in [0.25, 0.3) is 0 Å². The molecule has 0 radical (unpaired) electrons. The Morgan fingerprint density at radius 3 is 1.71 bits per heavy atom. The van der Waals surface area contributed by atoms with E-state index in [2.05, 4.69) is 11.7 Å². The summed E-state index contributed by atoms with van der Waals surface area (Å²) in [6.45, 7) is 2.26. The molecule has 21 heavy (non-hydrogen) atoms. The average Bonchev–Trinajstić information content (AvgIpc) is 2.78. The van der Waals surface area contributed by atoms with Crippen molar-refractivity contribution in [3.8, 4) is 0 Å². The number of hydrogen-bond donors (Lipinski definition) is 0. The number of esters is 2. The molecule has 1 rings (SSSR count). The number of rotatable bonds is 13. The van der Waals surface area contributed by atoms with Crippen LogP contribution in [0.3, 0.4) is 0 Å². The first-order valence-electron chi connectivity index (χ1n) is 8.98. The summed E-state index contributed by atoms with van der Waals surface area (Å²) in [6.07, 6.45) is 16.9. The minimum atomic E-state index is -0.344. The third-order valence-corrected chi connectivity index (χ3v) is 4.37. The fourth-order valence-corrected chi connectivity index (χ4v) is 2.97. The van der Waals surface area contributed by atoms with Gasteiger partial charge in [-0.1, -0.05) is 84.0 Å². The second-order valence-corrected chi connectivity index (χ2v) is 6.37. The van der Waals surface area contributed by atoms with Gasteiger partial charge < -0.3 is 4.74 Å². The minimum absolute atomic E-state index is 0.152. The highest BCUT2D eigenvalue weighted by atomic mass is 16.6. The van der Waals surface area contributed by atoms with Crippen LogP contribution < -0.4 is 0 Å². The lowest BCUT2D eigenvalue weighted by molar-refractivity contribution is -0.153. The first-order valence-corrected chi connectivity index (χ1v) is 8.98. The highest BCUT2D eigenvalue weighted by molar-refractivity contribution is 5.94. The molecule has 0 spiro atoms. The van der Waals surface area contributed by atoms with Crippen molar-refractivity contribution in [2.24, 2.45) is 5.92 Å². The van der Waals surface area contributed by atoms with Crippen molar-refractivity contribution in [3.63, 3.8) is 0 Å². The second kappa shape index (κ2) is 11.8. The van der Waals surface area contributed by atoms with Crippen LogP contribution in [0.4, 0.5) is 0 Å². The molecule has 0 unspecified atom stereocenters. The molecule has 1 aliphatic rings. The van der Waals surface area contributed by atoms with Crippen molar-refractivity contribution in [1.29, 1.82) is 0 Å². The second-order valence-electron chi connectivity index (χ2n) is 6.37. The van der Waals surface area contributed by atoms with Crippen LogP contribution in [0, 0.1) is 5.92 Å². The topological polar surface area (TPSA) is 43.4 Å². The van der Waals surface area contributed by atoms with Gasteiger partial charge in [-0.25, -0.2) is 0 Å². The largest absolute Gasteiger partial charge is 0.393 e. The maximum Gasteiger partial charge on any atom is 0.317 e. The normalized spacial score (nSPS) is 18.2. The molecule has 0 aromatic rings. The predicted molar refractivity (Wildman–Crippen MR) is 84.9 cm³/mol. The van der Waals surface area contributed by atoms with Gasteiger partial charge in [-0.3, -0.25) is 9.59 Å². The first-order chi connectivity index (χ1) is 10.2. The fourth-order valence-electron chi connectivity index (χ4n) is 2.97. The number of carbonyl (C=O) groups is 2. The van der Waals surface area contributed by atoms with Gasteiger partial charge in [0.15, 0.2) is 0 Å². The highest BCUT2D eigenvalue weighted by Crippen LogP contribution is 2.22. The van der Waals surface area contributed by atoms with E-state index in [0.717, 1.165) is 12.8 Å². The van der Waals surface area contributed by atoms with Crippen LogP contribution in [0.2, 0.25) is 0 Å². The average molecular weight is 296 g/mol. The summed E-state index contributed by atoms with van der Waals surface area (Å²) in [4.78, 5) is 22.2. The lowest BCUT2D eigenvalue weighted by Gasteiger charge is -2.05. The van der Waals surface area contributed by atoms with E-state index in [9.17, 15) is 9.59 Å². The summed E-state index contributed by atoms with van der Waals surface area (Å²) in [5.74, 6) is -0.798. The summed E-state index contributed by atoms with van der Waals surface area (Å²) >= 11 is 0. The third-order valence-electron chi connectivity index (χ3n) is 4.37. The maximum absolute atomic E-state index is 11.3. The highest BCUT2D eigenvalue weighted by Gasteiger charge is 2.32. The Hall–Kier alpha value is -0.860. The van der Waals surface area contributed by atoms with Crippen molar-refractivity contribution in [2.45, 2.75) is 96.8 Å². The lowest BCUT2D eigenvalue weighted by atomic mass is 9.98. The SMILES string of the molecule is CCCCCCCCCCCCCC[C@@H]1CC(=O)OC1=O. The Bertz CT molecular complexity index is 299. The Balaban J connectivity index is 1.79. The van der Waals surface area contributed by atoms with Gasteiger partial charge in [0, 0.05) is 0 Å². The summed E-state index contributed by atoms with van der Waals surface area (Å²) in [5, 5.41) is 0. The molecule has 0 aromatic carbocycles. The van der Waals surface area contributed by atoms with Gasteiger partial charge in [0.2, 0.25) is 0 Å². The zero-order valence-corrected chi connectivity index (χ0v) is 13.7. The summed E-state index contributed by atoms with van der Waals surface area (Å²) in [5.41, 5.74) is 0. The van der Waals surface area contributed by atoms with Crippen LogP contribution in [0.5, 0.6) is 0 Å². The van der Waals surface area contributed by atoms with Crippen molar-refractivity contribution in [1.82, 2.24) is 0 Å². The van der Waals surface area contributed by atoms with Crippen molar-refractivity contribution < 1.29 is 14.3 Å². The Morgan fingerprint density at radius 1 is 0.810 bits per heavy atom. The van der Waals surface area contributed by atoms with Crippen molar-refractivity contribution in [2.75, 3.05) is 0 Å². The lowest BCUT2D eigenvalue weighted by Crippen LogP contribution is -2.06. The van der Waals surface area contributed by atoms with Gasteiger partial charge in [-0.2, -0.15) is 0 Å². The van der Waals surface area contributed by atoms with E-state index in [1.807, 2.05) is 0 Å². The van der Waals surface area contributed by atoms with E-state index in [1.165, 1.54) is 70.6 Å². The van der Waals surface area contributed by atoms with Crippen LogP contribution in [0.25, 0.3) is 0 Å². The number of ether oxygens (including phenoxy) is 1. The van der Waals surface area contributed by atoms with Crippen LogP contribution in [0.15, 0.2) is 0 Å². The third kappa shape index (κ3) is 8.90. The smallest absolute Gasteiger partial charge is 0.317 e. The van der Waals surface area contributed by atoms with E-state index in [0.29, 0.717) is 6.42 Å². The Labute approximate surface area is 129 Å². The van der Waals surface area contributed by atoms with Gasteiger partial charge >= 0.3 is 11.9 Å². The van der Waals surface area contributed by atoms with Gasteiger partial charge in [0.05, 0.1) is 12.3 Å². The van der Waals surface area contributed by atoms with E-state index in [-0.39, 0.29) is 17.9 Å². The van der Waals surface area contributed by atoms with Crippen LogP contribution in [-0.2, 0) is 14.3 Å². The molecular formula is C18H32O3. The van der Waals surface area contributed by atoms with Gasteiger partial charge in [-0.15, -0.1) is 0 Å². The number of carbonyl (C=O) groups excluding carboxylic acids is 2. The monoisotopic (exact) mass is 296 g/mol. The number of unbranched alkanes of at least 4 members (excludes halogenated alkanes) is 11. The summed E-state index contributed by atoms with van der Waals surface area (Å²) < 4.78 is 4.55. The van der Waals surface area contributed by atoms with Gasteiger partial charge in [-0.05, 0) is 6.42 Å². The molecule has 0 aromatic heterocycles. The molecule has 0 aliphatic carbocycles. The van der Waals surface area contributed by atoms with E-state index >= 15 is 0 Å². The quantitative estimate of drug-likeness (QED) is 0.267. The zero-order chi connectivity index (χ0) is 15.3. The van der Waals surface area contributed by atoms with E-state index < -0.39 is 0 Å². The number of cyclic esters (lactones) is 2. The molecule has 0 amide bonds. The van der Waals surface area contributed by atoms with Crippen LogP contribution in [-0.4, -0.2) is 11.9 Å². The summed E-state index contributed by atoms with van der Waals surface area (Å²) in [7, 11) is 0. The molecule has 0 bridgehead atoms. The first kappa shape index (κ1) is 18.2. The maximum atomic E-state index is 11.3. The van der Waals surface area contributed by atoms with E-state index in [1.54, 1.807) is 0 Å². The molecule has 1 atom stereocenters. The Morgan fingerprint density at radius 2 is 1.29 bits per heavy atom. The molecule has 0 saturated carbocycles. The minimum Gasteiger partial charge on any atom is -0.393 e. The predicted octanol–water partition coefficient (Wildman–Crippen LogP) is 5.17. The molecule has 1 aliphatic heterocycles.